The molecule has 0 saturated carbocycles. The van der Waals surface area contributed by atoms with Crippen LogP contribution in [0.5, 0.6) is 0 Å². The number of aliphatic hydroxyl groups is 1. The zero-order valence-corrected chi connectivity index (χ0v) is 18.0. The van der Waals surface area contributed by atoms with E-state index in [-0.39, 0.29) is 18.2 Å². The second-order valence-corrected chi connectivity index (χ2v) is 8.35. The number of hydrogen-bond acceptors (Lipinski definition) is 6. The third kappa shape index (κ3) is 3.93. The Morgan fingerprint density at radius 3 is 2.79 bits per heavy atom. The Hall–Kier alpha value is -3.44. The molecule has 0 bridgehead atoms. The summed E-state index contributed by atoms with van der Waals surface area (Å²) in [6, 6.07) is 6.31. The standard InChI is InChI=1S/C22H23F2N8O/c1-15(22(33,12-31-14-26-13-27-31)18-3-2-17(23)10-19(18)24)30-8-9-32-20(11-30)21(28-29-32)16-4-6-25-7-5-16/h2-7,10,13-15,21,33H,8-9,11-12H2,1H3/q+1/p+1/t15-,21?,22-/m1/s1. The molecule has 0 spiro atoms. The molecule has 0 fully saturated rings. The van der Waals surface area contributed by atoms with Crippen LogP contribution in [-0.4, -0.2) is 61.1 Å². The second kappa shape index (κ2) is 8.49. The average Bonchev–Trinajstić information content (AvgIpc) is 3.48. The van der Waals surface area contributed by atoms with Gasteiger partial charge in [0.15, 0.2) is 5.71 Å². The first-order valence-electron chi connectivity index (χ1n) is 10.7. The van der Waals surface area contributed by atoms with E-state index >= 15 is 0 Å². The van der Waals surface area contributed by atoms with E-state index in [4.69, 9.17) is 0 Å². The van der Waals surface area contributed by atoms with Crippen LogP contribution in [0.15, 0.2) is 65.7 Å². The van der Waals surface area contributed by atoms with Crippen molar-refractivity contribution >= 4 is 5.71 Å². The molecule has 1 aromatic carbocycles. The Balaban J connectivity index is 1.47. The highest BCUT2D eigenvalue weighted by molar-refractivity contribution is 5.89. The SMILES string of the molecule is C[C@@H](N1CC[N+]2=C(C1)C(c1ccncc1)N=N2)[C@](O)(C[n+]1cnc[nH]1)c1ccc(F)cc1F. The Kier molecular flexibility index (Phi) is 5.51. The monoisotopic (exact) mass is 454 g/mol. The summed E-state index contributed by atoms with van der Waals surface area (Å²) in [6.45, 7) is 3.52. The van der Waals surface area contributed by atoms with Crippen LogP contribution in [-0.2, 0) is 12.1 Å². The van der Waals surface area contributed by atoms with Crippen molar-refractivity contribution in [2.75, 3.05) is 19.6 Å². The number of aromatic amines is 1. The van der Waals surface area contributed by atoms with Gasteiger partial charge in [-0.3, -0.25) is 9.88 Å². The van der Waals surface area contributed by atoms with Gasteiger partial charge < -0.3 is 5.11 Å². The van der Waals surface area contributed by atoms with Gasteiger partial charge in [0.05, 0.1) is 6.54 Å². The lowest BCUT2D eigenvalue weighted by atomic mass is 9.85. The van der Waals surface area contributed by atoms with Gasteiger partial charge in [0, 0.05) is 47.3 Å². The Morgan fingerprint density at radius 1 is 1.24 bits per heavy atom. The van der Waals surface area contributed by atoms with Gasteiger partial charge >= 0.3 is 6.33 Å². The lowest BCUT2D eigenvalue weighted by molar-refractivity contribution is -0.765. The number of nitrogens with one attached hydrogen (secondary N) is 1. The summed E-state index contributed by atoms with van der Waals surface area (Å²) in [7, 11) is 0. The molecule has 4 heterocycles. The number of pyridine rings is 1. The van der Waals surface area contributed by atoms with Crippen molar-refractivity contribution in [1.82, 2.24) is 20.0 Å². The molecule has 2 N–H and O–H groups in total. The number of aromatic nitrogens is 4. The summed E-state index contributed by atoms with van der Waals surface area (Å²) in [4.78, 5) is 10.1. The molecule has 0 aliphatic carbocycles. The summed E-state index contributed by atoms with van der Waals surface area (Å²) >= 11 is 0. The van der Waals surface area contributed by atoms with Crippen LogP contribution in [0, 0.1) is 11.6 Å². The minimum atomic E-state index is -1.67. The molecule has 11 heteroatoms. The third-order valence-electron chi connectivity index (χ3n) is 6.46. The number of halogens is 2. The number of nitrogens with zero attached hydrogens (tertiary/aromatic N) is 7. The molecule has 1 unspecified atom stereocenters. The lowest BCUT2D eigenvalue weighted by Crippen LogP contribution is -2.60. The minimum absolute atomic E-state index is 0.00873. The molecular formula is C22H24F2N8O+2. The molecule has 5 rings (SSSR count). The molecule has 2 aromatic heterocycles. The van der Waals surface area contributed by atoms with Gasteiger partial charge in [-0.1, -0.05) is 6.07 Å². The molecule has 2 aliphatic heterocycles. The quantitative estimate of drug-likeness (QED) is 0.553. The predicted molar refractivity (Wildman–Crippen MR) is 112 cm³/mol. The lowest BCUT2D eigenvalue weighted by Gasteiger charge is -2.41. The zero-order chi connectivity index (χ0) is 23.0. The van der Waals surface area contributed by atoms with Crippen molar-refractivity contribution in [2.24, 2.45) is 10.3 Å². The fraction of sp³-hybridized carbons (Fsp3) is 0.364. The highest BCUT2D eigenvalue weighted by atomic mass is 19.1. The smallest absolute Gasteiger partial charge is 0.306 e. The van der Waals surface area contributed by atoms with E-state index in [2.05, 4.69) is 30.3 Å². The van der Waals surface area contributed by atoms with Crippen molar-refractivity contribution in [3.8, 4) is 0 Å². The summed E-state index contributed by atoms with van der Waals surface area (Å²) in [5, 5.41) is 23.6. The Bertz CT molecular complexity index is 1200. The van der Waals surface area contributed by atoms with Gasteiger partial charge in [-0.15, -0.1) is 4.68 Å². The van der Waals surface area contributed by atoms with E-state index < -0.39 is 23.3 Å². The first-order valence-corrected chi connectivity index (χ1v) is 10.7. The summed E-state index contributed by atoms with van der Waals surface area (Å²) in [6.07, 6.45) is 6.42. The minimum Gasteiger partial charge on any atom is -0.379 e. The van der Waals surface area contributed by atoms with Crippen molar-refractivity contribution in [2.45, 2.75) is 31.2 Å². The highest BCUT2D eigenvalue weighted by Crippen LogP contribution is 2.33. The zero-order valence-electron chi connectivity index (χ0n) is 18.0. The molecule has 170 valence electrons. The van der Waals surface area contributed by atoms with Crippen LogP contribution in [0.1, 0.15) is 24.1 Å². The van der Waals surface area contributed by atoms with Gasteiger partial charge in [0.25, 0.3) is 6.04 Å². The van der Waals surface area contributed by atoms with Crippen molar-refractivity contribution < 1.29 is 23.3 Å². The predicted octanol–water partition coefficient (Wildman–Crippen LogP) is 1.54. The number of benzene rings is 1. The van der Waals surface area contributed by atoms with Gasteiger partial charge in [-0.25, -0.2) is 8.78 Å². The molecule has 2 aliphatic rings. The molecule has 3 aromatic rings. The molecular weight excluding hydrogens is 430 g/mol. The van der Waals surface area contributed by atoms with Crippen LogP contribution in [0.4, 0.5) is 8.78 Å². The van der Waals surface area contributed by atoms with E-state index in [9.17, 15) is 13.9 Å². The van der Waals surface area contributed by atoms with E-state index in [1.165, 1.54) is 18.7 Å². The maximum absolute atomic E-state index is 14.9. The van der Waals surface area contributed by atoms with Crippen LogP contribution in [0.3, 0.4) is 0 Å². The number of H-pyrrole nitrogens is 1. The van der Waals surface area contributed by atoms with Crippen LogP contribution in [0.25, 0.3) is 0 Å². The van der Waals surface area contributed by atoms with Crippen LogP contribution < -0.4 is 4.68 Å². The molecule has 9 nitrogen and oxygen atoms in total. The largest absolute Gasteiger partial charge is 0.379 e. The fourth-order valence-electron chi connectivity index (χ4n) is 4.57. The third-order valence-corrected chi connectivity index (χ3v) is 6.46. The molecule has 0 radical (unpaired) electrons. The number of hydrogen-bond donors (Lipinski definition) is 2. The van der Waals surface area contributed by atoms with Gasteiger partial charge in [0.2, 0.25) is 6.33 Å². The van der Waals surface area contributed by atoms with E-state index in [1.807, 2.05) is 23.7 Å². The van der Waals surface area contributed by atoms with Crippen molar-refractivity contribution in [1.29, 1.82) is 0 Å². The van der Waals surface area contributed by atoms with Gasteiger partial charge in [-0.05, 0) is 30.1 Å². The summed E-state index contributed by atoms with van der Waals surface area (Å²) in [5.74, 6) is -1.49. The topological polar surface area (TPSA) is 96.7 Å². The van der Waals surface area contributed by atoms with Gasteiger partial charge in [-0.2, -0.15) is 9.78 Å². The molecule has 0 saturated heterocycles. The first kappa shape index (κ1) is 21.4. The van der Waals surface area contributed by atoms with E-state index in [0.717, 1.165) is 23.4 Å². The Morgan fingerprint density at radius 2 is 2.06 bits per heavy atom. The van der Waals surface area contributed by atoms with Gasteiger partial charge in [0.1, 0.15) is 35.5 Å². The Labute approximate surface area is 188 Å². The maximum atomic E-state index is 14.9. The van der Waals surface area contributed by atoms with E-state index in [0.29, 0.717) is 19.6 Å². The maximum Gasteiger partial charge on any atom is 0.306 e. The second-order valence-electron chi connectivity index (χ2n) is 8.35. The van der Waals surface area contributed by atoms with E-state index in [1.54, 1.807) is 17.1 Å². The highest BCUT2D eigenvalue weighted by Gasteiger charge is 2.47. The summed E-state index contributed by atoms with van der Waals surface area (Å²) in [5.41, 5.74) is 0.318. The van der Waals surface area contributed by atoms with Crippen LogP contribution in [0.2, 0.25) is 0 Å². The van der Waals surface area contributed by atoms with Crippen molar-refractivity contribution in [3.05, 3.63) is 78.1 Å². The van der Waals surface area contributed by atoms with Crippen molar-refractivity contribution in [3.63, 3.8) is 0 Å². The summed E-state index contributed by atoms with van der Waals surface area (Å²) < 4.78 is 32.0. The molecule has 3 atom stereocenters. The average molecular weight is 454 g/mol. The molecule has 0 amide bonds. The molecule has 33 heavy (non-hydrogen) atoms. The first-order chi connectivity index (χ1) is 16.0. The number of rotatable bonds is 6. The van der Waals surface area contributed by atoms with Crippen LogP contribution >= 0.6 is 0 Å². The normalized spacial score (nSPS) is 21.2. The fourth-order valence-corrected chi connectivity index (χ4v) is 4.57.